The number of hydrogen-bond acceptors (Lipinski definition) is 2. The average molecular weight is 282 g/mol. The smallest absolute Gasteiger partial charge is 0.329 e. The van der Waals surface area contributed by atoms with Gasteiger partial charge in [-0.1, -0.05) is 32.6 Å². The molecule has 114 valence electrons. The summed E-state index contributed by atoms with van der Waals surface area (Å²) >= 11 is 0. The first kappa shape index (κ1) is 15.1. The molecule has 2 aliphatic rings. The van der Waals surface area contributed by atoms with Gasteiger partial charge < -0.3 is 15.3 Å². The van der Waals surface area contributed by atoms with E-state index in [4.69, 9.17) is 0 Å². The van der Waals surface area contributed by atoms with Gasteiger partial charge in [0.2, 0.25) is 0 Å². The molecule has 0 spiro atoms. The third-order valence-electron chi connectivity index (χ3n) is 4.82. The summed E-state index contributed by atoms with van der Waals surface area (Å²) in [5.41, 5.74) is -1.05. The molecule has 2 amide bonds. The molecule has 1 aliphatic heterocycles. The van der Waals surface area contributed by atoms with E-state index in [1.54, 1.807) is 0 Å². The van der Waals surface area contributed by atoms with Gasteiger partial charge >= 0.3 is 12.0 Å². The van der Waals surface area contributed by atoms with Crippen molar-refractivity contribution < 1.29 is 14.7 Å². The van der Waals surface area contributed by atoms with Crippen molar-refractivity contribution in [3.05, 3.63) is 0 Å². The molecule has 0 aromatic rings. The minimum Gasteiger partial charge on any atom is -0.480 e. The summed E-state index contributed by atoms with van der Waals surface area (Å²) in [5.74, 6) is -0.875. The lowest BCUT2D eigenvalue weighted by Gasteiger charge is -2.33. The molecule has 1 unspecified atom stereocenters. The maximum Gasteiger partial charge on any atom is 0.329 e. The van der Waals surface area contributed by atoms with Crippen LogP contribution in [0.5, 0.6) is 0 Å². The molecule has 1 heterocycles. The Hall–Kier alpha value is -1.26. The molecule has 20 heavy (non-hydrogen) atoms. The van der Waals surface area contributed by atoms with Crippen LogP contribution in [0.2, 0.25) is 0 Å². The second kappa shape index (κ2) is 6.46. The number of rotatable bonds is 3. The summed E-state index contributed by atoms with van der Waals surface area (Å²) in [6, 6.07) is 0.0882. The fourth-order valence-corrected chi connectivity index (χ4v) is 3.53. The molecule has 0 bridgehead atoms. The Morgan fingerprint density at radius 3 is 2.40 bits per heavy atom. The van der Waals surface area contributed by atoms with E-state index in [1.807, 2.05) is 4.90 Å². The lowest BCUT2D eigenvalue weighted by molar-refractivity contribution is -0.145. The number of carbonyl (C=O) groups excluding carboxylic acids is 1. The van der Waals surface area contributed by atoms with E-state index in [-0.39, 0.29) is 12.1 Å². The van der Waals surface area contributed by atoms with Crippen LogP contribution >= 0.6 is 0 Å². The van der Waals surface area contributed by atoms with E-state index in [2.05, 4.69) is 12.2 Å². The van der Waals surface area contributed by atoms with Crippen LogP contribution < -0.4 is 5.32 Å². The number of likely N-dealkylation sites (tertiary alicyclic amines) is 1. The molecule has 0 aromatic carbocycles. The molecule has 1 saturated heterocycles. The molecule has 1 atom stereocenters. The summed E-state index contributed by atoms with van der Waals surface area (Å²) in [6.45, 7) is 2.83. The summed E-state index contributed by atoms with van der Waals surface area (Å²) in [7, 11) is 0. The lowest BCUT2D eigenvalue weighted by Crippen LogP contribution is -2.58. The average Bonchev–Trinajstić information content (AvgIpc) is 2.78. The highest BCUT2D eigenvalue weighted by Crippen LogP contribution is 2.29. The maximum absolute atomic E-state index is 12.5. The highest BCUT2D eigenvalue weighted by atomic mass is 16.4. The van der Waals surface area contributed by atoms with Crippen molar-refractivity contribution >= 4 is 12.0 Å². The van der Waals surface area contributed by atoms with Crippen molar-refractivity contribution in [3.63, 3.8) is 0 Å². The fourth-order valence-electron chi connectivity index (χ4n) is 3.53. The SMILES string of the molecule is CCC1CCCN1C(=O)NC1(C(=O)O)CCCCCC1. The van der Waals surface area contributed by atoms with Gasteiger partial charge in [0.1, 0.15) is 5.54 Å². The van der Waals surface area contributed by atoms with Crippen LogP contribution in [-0.4, -0.2) is 40.1 Å². The van der Waals surface area contributed by atoms with Crippen LogP contribution in [0.15, 0.2) is 0 Å². The van der Waals surface area contributed by atoms with E-state index >= 15 is 0 Å². The molecule has 5 heteroatoms. The van der Waals surface area contributed by atoms with Crippen molar-refractivity contribution in [3.8, 4) is 0 Å². The Kier molecular flexibility index (Phi) is 4.89. The van der Waals surface area contributed by atoms with Gasteiger partial charge in [0, 0.05) is 12.6 Å². The number of hydrogen-bond donors (Lipinski definition) is 2. The molecule has 0 aromatic heterocycles. The summed E-state index contributed by atoms with van der Waals surface area (Å²) in [4.78, 5) is 26.0. The Balaban J connectivity index is 2.07. The second-order valence-electron chi connectivity index (χ2n) is 6.13. The zero-order chi connectivity index (χ0) is 14.6. The van der Waals surface area contributed by atoms with Gasteiger partial charge in [0.25, 0.3) is 0 Å². The van der Waals surface area contributed by atoms with Gasteiger partial charge in [-0.25, -0.2) is 9.59 Å². The van der Waals surface area contributed by atoms with Crippen molar-refractivity contribution in [2.75, 3.05) is 6.54 Å². The van der Waals surface area contributed by atoms with Gasteiger partial charge in [-0.05, 0) is 32.1 Å². The Morgan fingerprint density at radius 2 is 1.85 bits per heavy atom. The quantitative estimate of drug-likeness (QED) is 0.782. The van der Waals surface area contributed by atoms with E-state index in [1.165, 1.54) is 0 Å². The zero-order valence-electron chi connectivity index (χ0n) is 12.4. The number of carboxylic acids is 1. The van der Waals surface area contributed by atoms with E-state index in [0.717, 1.165) is 51.5 Å². The zero-order valence-corrected chi connectivity index (χ0v) is 12.4. The highest BCUT2D eigenvalue weighted by molar-refractivity contribution is 5.86. The number of nitrogens with one attached hydrogen (secondary N) is 1. The molecule has 2 rings (SSSR count). The maximum atomic E-state index is 12.5. The van der Waals surface area contributed by atoms with Crippen molar-refractivity contribution in [1.29, 1.82) is 0 Å². The van der Waals surface area contributed by atoms with E-state index in [0.29, 0.717) is 12.8 Å². The van der Waals surface area contributed by atoms with Crippen LogP contribution in [0, 0.1) is 0 Å². The molecule has 5 nitrogen and oxygen atoms in total. The monoisotopic (exact) mass is 282 g/mol. The largest absolute Gasteiger partial charge is 0.480 e. The minimum absolute atomic E-state index is 0.182. The van der Waals surface area contributed by atoms with Gasteiger partial charge in [-0.3, -0.25) is 0 Å². The Labute approximate surface area is 120 Å². The lowest BCUT2D eigenvalue weighted by atomic mass is 9.90. The fraction of sp³-hybridized carbons (Fsp3) is 0.867. The van der Waals surface area contributed by atoms with Gasteiger partial charge in [-0.2, -0.15) is 0 Å². The van der Waals surface area contributed by atoms with Crippen LogP contribution in [0.25, 0.3) is 0 Å². The predicted octanol–water partition coefficient (Wildman–Crippen LogP) is 2.75. The third kappa shape index (κ3) is 3.07. The van der Waals surface area contributed by atoms with Gasteiger partial charge in [-0.15, -0.1) is 0 Å². The molecular formula is C15H26N2O3. The Bertz CT molecular complexity index is 362. The molecule has 1 saturated carbocycles. The van der Waals surface area contributed by atoms with Crippen LogP contribution in [-0.2, 0) is 4.79 Å². The first-order valence-electron chi connectivity index (χ1n) is 7.91. The van der Waals surface area contributed by atoms with Crippen molar-refractivity contribution in [2.24, 2.45) is 0 Å². The Morgan fingerprint density at radius 1 is 1.20 bits per heavy atom. The van der Waals surface area contributed by atoms with Gasteiger partial charge in [0.05, 0.1) is 0 Å². The standard InChI is InChI=1S/C15H26N2O3/c1-2-12-8-7-11-17(12)14(20)16-15(13(18)19)9-5-3-4-6-10-15/h12H,2-11H2,1H3,(H,16,20)(H,18,19). The first-order valence-corrected chi connectivity index (χ1v) is 7.91. The topological polar surface area (TPSA) is 69.6 Å². The summed E-state index contributed by atoms with van der Waals surface area (Å²) in [5, 5.41) is 12.5. The van der Waals surface area contributed by atoms with E-state index < -0.39 is 11.5 Å². The van der Waals surface area contributed by atoms with Crippen LogP contribution in [0.1, 0.15) is 64.7 Å². The number of nitrogens with zero attached hydrogens (tertiary/aromatic N) is 1. The molecule has 1 aliphatic carbocycles. The molecular weight excluding hydrogens is 256 g/mol. The molecule has 2 N–H and O–H groups in total. The number of amides is 2. The number of carbonyl (C=O) groups is 2. The van der Waals surface area contributed by atoms with Crippen molar-refractivity contribution in [2.45, 2.75) is 76.3 Å². The highest BCUT2D eigenvalue weighted by Gasteiger charge is 2.42. The number of carboxylic acid groups (broad SMARTS) is 1. The van der Waals surface area contributed by atoms with Gasteiger partial charge in [0.15, 0.2) is 0 Å². The van der Waals surface area contributed by atoms with E-state index in [9.17, 15) is 14.7 Å². The third-order valence-corrected chi connectivity index (χ3v) is 4.82. The second-order valence-corrected chi connectivity index (χ2v) is 6.13. The normalized spacial score (nSPS) is 26.1. The van der Waals surface area contributed by atoms with Crippen molar-refractivity contribution in [1.82, 2.24) is 10.2 Å². The molecule has 2 fully saturated rings. The van der Waals surface area contributed by atoms with Crippen LogP contribution in [0.4, 0.5) is 4.79 Å². The predicted molar refractivity (Wildman–Crippen MR) is 76.6 cm³/mol. The minimum atomic E-state index is -1.05. The first-order chi connectivity index (χ1) is 9.59. The van der Waals surface area contributed by atoms with Crippen LogP contribution in [0.3, 0.4) is 0 Å². The summed E-state index contributed by atoms with van der Waals surface area (Å²) < 4.78 is 0. The summed E-state index contributed by atoms with van der Waals surface area (Å²) in [6.07, 6.45) is 7.98. The number of aliphatic carboxylic acids is 1. The number of urea groups is 1. The molecule has 0 radical (unpaired) electrons.